The highest BCUT2D eigenvalue weighted by molar-refractivity contribution is 5.93. The molecule has 1 aliphatic rings. The second-order valence-electron chi connectivity index (χ2n) is 6.11. The van der Waals surface area contributed by atoms with Gasteiger partial charge in [0.1, 0.15) is 5.82 Å². The monoisotopic (exact) mass is 297 g/mol. The first kappa shape index (κ1) is 14.8. The molecule has 22 heavy (non-hydrogen) atoms. The summed E-state index contributed by atoms with van der Waals surface area (Å²) in [6, 6.07) is 8.13. The molecule has 0 radical (unpaired) electrons. The summed E-state index contributed by atoms with van der Waals surface area (Å²) in [5, 5.41) is 3.14. The maximum atomic E-state index is 12.6. The average Bonchev–Trinajstić information content (AvgIpc) is 3.02. The first-order valence-electron chi connectivity index (χ1n) is 8.08. The highest BCUT2D eigenvalue weighted by Crippen LogP contribution is 2.28. The van der Waals surface area contributed by atoms with Crippen LogP contribution in [-0.4, -0.2) is 15.5 Å². The van der Waals surface area contributed by atoms with Crippen molar-refractivity contribution in [1.29, 1.82) is 0 Å². The summed E-state index contributed by atoms with van der Waals surface area (Å²) in [5.41, 5.74) is 2.17. The van der Waals surface area contributed by atoms with Gasteiger partial charge in [-0.3, -0.25) is 4.79 Å². The molecule has 116 valence electrons. The Balaban J connectivity index is 1.73. The number of aromatic nitrogens is 2. The van der Waals surface area contributed by atoms with Gasteiger partial charge in [0, 0.05) is 37.0 Å². The van der Waals surface area contributed by atoms with Gasteiger partial charge in [0.25, 0.3) is 0 Å². The molecule has 2 heterocycles. The number of anilines is 1. The summed E-state index contributed by atoms with van der Waals surface area (Å²) in [6.45, 7) is 5.24. The molecular formula is C18H23N3O. The van der Waals surface area contributed by atoms with Crippen LogP contribution in [0.1, 0.15) is 44.0 Å². The second-order valence-corrected chi connectivity index (χ2v) is 6.11. The van der Waals surface area contributed by atoms with Gasteiger partial charge in [-0.2, -0.15) is 0 Å². The summed E-state index contributed by atoms with van der Waals surface area (Å²) < 4.78 is 2.14. The maximum Gasteiger partial charge on any atom is 0.228 e. The van der Waals surface area contributed by atoms with E-state index in [1.165, 1.54) is 5.56 Å². The number of aryl methyl sites for hydroxylation is 1. The van der Waals surface area contributed by atoms with Gasteiger partial charge in [0.05, 0.1) is 0 Å². The number of nitrogens with zero attached hydrogens (tertiary/aromatic N) is 2. The normalized spacial score (nSPS) is 18.5. The van der Waals surface area contributed by atoms with E-state index in [4.69, 9.17) is 0 Å². The van der Waals surface area contributed by atoms with Gasteiger partial charge >= 0.3 is 0 Å². The fourth-order valence-electron chi connectivity index (χ4n) is 3.07. The Hall–Kier alpha value is -2.10. The summed E-state index contributed by atoms with van der Waals surface area (Å²) in [4.78, 5) is 17.0. The van der Waals surface area contributed by atoms with Crippen molar-refractivity contribution in [2.75, 3.05) is 5.32 Å². The lowest BCUT2D eigenvalue weighted by molar-refractivity contribution is -0.120. The van der Waals surface area contributed by atoms with E-state index in [1.54, 1.807) is 0 Å². The minimum Gasteiger partial charge on any atom is -0.335 e. The molecule has 0 aliphatic carbocycles. The third-order valence-electron chi connectivity index (χ3n) is 4.68. The molecule has 2 unspecified atom stereocenters. The molecule has 1 aromatic heterocycles. The number of rotatable bonds is 4. The smallest absolute Gasteiger partial charge is 0.228 e. The predicted octanol–water partition coefficient (Wildman–Crippen LogP) is 3.60. The van der Waals surface area contributed by atoms with E-state index in [2.05, 4.69) is 34.8 Å². The van der Waals surface area contributed by atoms with E-state index in [9.17, 15) is 4.79 Å². The Morgan fingerprint density at radius 1 is 1.45 bits per heavy atom. The first-order valence-corrected chi connectivity index (χ1v) is 8.08. The van der Waals surface area contributed by atoms with Crippen LogP contribution in [-0.2, 0) is 17.8 Å². The fourth-order valence-corrected chi connectivity index (χ4v) is 3.07. The molecule has 3 rings (SSSR count). The zero-order chi connectivity index (χ0) is 15.5. The quantitative estimate of drug-likeness (QED) is 0.937. The number of fused-ring (bicyclic) bond motifs is 1. The number of carbonyl (C=O) groups excluding carboxylic acids is 1. The van der Waals surface area contributed by atoms with E-state index in [-0.39, 0.29) is 11.8 Å². The number of nitrogens with one attached hydrogen (secondary N) is 1. The summed E-state index contributed by atoms with van der Waals surface area (Å²) in [5.74, 6) is 1.59. The lowest BCUT2D eigenvalue weighted by Gasteiger charge is -2.23. The second kappa shape index (κ2) is 6.34. The maximum absolute atomic E-state index is 12.6. The zero-order valence-corrected chi connectivity index (χ0v) is 13.2. The van der Waals surface area contributed by atoms with Crippen molar-refractivity contribution in [3.8, 4) is 0 Å². The van der Waals surface area contributed by atoms with E-state index >= 15 is 0 Å². The minimum atomic E-state index is 0.0138. The molecule has 1 aliphatic heterocycles. The minimum absolute atomic E-state index is 0.0138. The number of hydrogen-bond donors (Lipinski definition) is 1. The Labute approximate surface area is 131 Å². The van der Waals surface area contributed by atoms with E-state index in [0.29, 0.717) is 5.92 Å². The van der Waals surface area contributed by atoms with Crippen LogP contribution in [0.4, 0.5) is 5.69 Å². The van der Waals surface area contributed by atoms with Crippen LogP contribution < -0.4 is 5.32 Å². The SMILES string of the molecule is CCC(C)c1ccccc1NC(=O)C1CCn2ccnc2C1. The number of amides is 1. The van der Waals surface area contributed by atoms with Gasteiger partial charge in [-0.15, -0.1) is 0 Å². The largest absolute Gasteiger partial charge is 0.335 e. The number of para-hydroxylation sites is 1. The number of benzene rings is 1. The van der Waals surface area contributed by atoms with Crippen LogP contribution in [0.25, 0.3) is 0 Å². The van der Waals surface area contributed by atoms with Gasteiger partial charge in [-0.1, -0.05) is 32.0 Å². The van der Waals surface area contributed by atoms with Gasteiger partial charge in [-0.05, 0) is 30.4 Å². The van der Waals surface area contributed by atoms with E-state index in [0.717, 1.165) is 37.3 Å². The molecule has 0 saturated heterocycles. The molecule has 0 bridgehead atoms. The highest BCUT2D eigenvalue weighted by Gasteiger charge is 2.26. The zero-order valence-electron chi connectivity index (χ0n) is 13.2. The van der Waals surface area contributed by atoms with Gasteiger partial charge in [-0.25, -0.2) is 4.98 Å². The van der Waals surface area contributed by atoms with Crippen molar-refractivity contribution < 1.29 is 4.79 Å². The van der Waals surface area contributed by atoms with Crippen molar-refractivity contribution in [2.45, 2.75) is 45.6 Å². The Morgan fingerprint density at radius 2 is 2.27 bits per heavy atom. The van der Waals surface area contributed by atoms with E-state index in [1.807, 2.05) is 30.6 Å². The van der Waals surface area contributed by atoms with Crippen molar-refractivity contribution in [3.05, 3.63) is 48.0 Å². The summed E-state index contributed by atoms with van der Waals surface area (Å²) in [7, 11) is 0. The fraction of sp³-hybridized carbons (Fsp3) is 0.444. The molecule has 1 aromatic carbocycles. The molecule has 1 amide bonds. The lowest BCUT2D eigenvalue weighted by Crippen LogP contribution is -2.30. The Bertz CT molecular complexity index is 662. The molecule has 0 fully saturated rings. The van der Waals surface area contributed by atoms with Crippen LogP contribution in [0.5, 0.6) is 0 Å². The topological polar surface area (TPSA) is 46.9 Å². The third-order valence-corrected chi connectivity index (χ3v) is 4.68. The molecule has 4 heteroatoms. The summed E-state index contributed by atoms with van der Waals surface area (Å²) >= 11 is 0. The van der Waals surface area contributed by atoms with Crippen LogP contribution in [0.3, 0.4) is 0 Å². The van der Waals surface area contributed by atoms with E-state index < -0.39 is 0 Å². The number of imidazole rings is 1. The average molecular weight is 297 g/mol. The van der Waals surface area contributed by atoms with Gasteiger partial charge in [0.15, 0.2) is 0 Å². The summed E-state index contributed by atoms with van der Waals surface area (Å²) in [6.07, 6.45) is 6.47. The van der Waals surface area contributed by atoms with Crippen LogP contribution in [0, 0.1) is 5.92 Å². The molecular weight excluding hydrogens is 274 g/mol. The number of carbonyl (C=O) groups is 1. The molecule has 2 aromatic rings. The van der Waals surface area contributed by atoms with Crippen molar-refractivity contribution in [3.63, 3.8) is 0 Å². The Morgan fingerprint density at radius 3 is 3.09 bits per heavy atom. The van der Waals surface area contributed by atoms with Crippen LogP contribution >= 0.6 is 0 Å². The molecule has 4 nitrogen and oxygen atoms in total. The van der Waals surface area contributed by atoms with Crippen molar-refractivity contribution in [1.82, 2.24) is 9.55 Å². The van der Waals surface area contributed by atoms with Crippen LogP contribution in [0.15, 0.2) is 36.7 Å². The predicted molar refractivity (Wildman–Crippen MR) is 87.8 cm³/mol. The van der Waals surface area contributed by atoms with Crippen molar-refractivity contribution >= 4 is 11.6 Å². The number of hydrogen-bond acceptors (Lipinski definition) is 2. The molecule has 1 N–H and O–H groups in total. The first-order chi connectivity index (χ1) is 10.7. The Kier molecular flexibility index (Phi) is 4.27. The highest BCUT2D eigenvalue weighted by atomic mass is 16.1. The van der Waals surface area contributed by atoms with Gasteiger partial charge < -0.3 is 9.88 Å². The van der Waals surface area contributed by atoms with Gasteiger partial charge in [0.2, 0.25) is 5.91 Å². The molecule has 0 spiro atoms. The third kappa shape index (κ3) is 2.91. The molecule has 0 saturated carbocycles. The molecule has 2 atom stereocenters. The standard InChI is InChI=1S/C18H23N3O/c1-3-13(2)15-6-4-5-7-16(15)20-18(22)14-8-10-21-11-9-19-17(21)12-14/h4-7,9,11,13-14H,3,8,10,12H2,1-2H3,(H,20,22). The van der Waals surface area contributed by atoms with Crippen molar-refractivity contribution in [2.24, 2.45) is 5.92 Å². The van der Waals surface area contributed by atoms with Crippen LogP contribution in [0.2, 0.25) is 0 Å². The lowest BCUT2D eigenvalue weighted by atomic mass is 9.94.